The van der Waals surface area contributed by atoms with Crippen LogP contribution < -0.4 is 15.5 Å². The fraction of sp³-hybridized carbons (Fsp3) is 0.391. The minimum atomic E-state index is -0.184. The molecule has 0 bridgehead atoms. The molecule has 2 N–H and O–H groups in total. The van der Waals surface area contributed by atoms with E-state index in [4.69, 9.17) is 4.99 Å². The first-order valence-electron chi connectivity index (χ1n) is 10.6. The number of aliphatic imine (C=N–C) groups is 1. The Bertz CT molecular complexity index is 1030. The summed E-state index contributed by atoms with van der Waals surface area (Å²) in [5.74, 6) is 0.631. The van der Waals surface area contributed by atoms with Crippen molar-refractivity contribution in [3.63, 3.8) is 0 Å². The Balaban J connectivity index is 0.00000272. The van der Waals surface area contributed by atoms with Crippen molar-refractivity contribution in [2.75, 3.05) is 24.5 Å². The quantitative estimate of drug-likeness (QED) is 0.293. The van der Waals surface area contributed by atoms with Crippen LogP contribution in [0.1, 0.15) is 31.2 Å². The van der Waals surface area contributed by atoms with E-state index in [1.807, 2.05) is 18.2 Å². The number of benzene rings is 1. The predicted octanol–water partition coefficient (Wildman–Crippen LogP) is 4.12. The van der Waals surface area contributed by atoms with Gasteiger partial charge in [0.15, 0.2) is 5.96 Å². The summed E-state index contributed by atoms with van der Waals surface area (Å²) in [6, 6.07) is 13.3. The van der Waals surface area contributed by atoms with Crippen molar-refractivity contribution in [1.82, 2.24) is 20.0 Å². The molecule has 0 unspecified atom stereocenters. The van der Waals surface area contributed by atoms with E-state index in [2.05, 4.69) is 51.0 Å². The van der Waals surface area contributed by atoms with E-state index in [1.165, 1.54) is 6.07 Å². The molecule has 1 fully saturated rings. The highest BCUT2D eigenvalue weighted by Gasteiger charge is 2.20. The average Bonchev–Trinajstić information content (AvgIpc) is 3.17. The molecule has 3 aromatic rings. The summed E-state index contributed by atoms with van der Waals surface area (Å²) < 4.78 is 15.6. The minimum absolute atomic E-state index is 0. The molecule has 6 nitrogen and oxygen atoms in total. The van der Waals surface area contributed by atoms with Crippen LogP contribution in [-0.2, 0) is 6.54 Å². The van der Waals surface area contributed by atoms with Gasteiger partial charge in [-0.25, -0.2) is 14.4 Å². The highest BCUT2D eigenvalue weighted by molar-refractivity contribution is 14.0. The van der Waals surface area contributed by atoms with Crippen LogP contribution in [0.3, 0.4) is 0 Å². The lowest BCUT2D eigenvalue weighted by molar-refractivity contribution is 0.461. The Morgan fingerprint density at radius 2 is 1.97 bits per heavy atom. The van der Waals surface area contributed by atoms with Crippen molar-refractivity contribution < 1.29 is 4.39 Å². The van der Waals surface area contributed by atoms with Gasteiger partial charge in [0.2, 0.25) is 0 Å². The Morgan fingerprint density at radius 1 is 1.19 bits per heavy atom. The molecule has 0 spiro atoms. The van der Waals surface area contributed by atoms with Crippen molar-refractivity contribution in [3.8, 4) is 0 Å². The monoisotopic (exact) mass is 536 g/mol. The van der Waals surface area contributed by atoms with E-state index in [9.17, 15) is 4.39 Å². The molecule has 0 amide bonds. The number of imidazole rings is 1. The Labute approximate surface area is 200 Å². The summed E-state index contributed by atoms with van der Waals surface area (Å²) in [5, 5.41) is 6.90. The van der Waals surface area contributed by atoms with Crippen LogP contribution in [0.15, 0.2) is 53.7 Å². The van der Waals surface area contributed by atoms with E-state index in [1.54, 1.807) is 12.1 Å². The lowest BCUT2D eigenvalue weighted by atomic mass is 10.0. The maximum atomic E-state index is 13.5. The summed E-state index contributed by atoms with van der Waals surface area (Å²) in [7, 11) is 0. The molecular weight excluding hydrogens is 506 g/mol. The van der Waals surface area contributed by atoms with Gasteiger partial charge in [0.05, 0.1) is 12.2 Å². The van der Waals surface area contributed by atoms with Crippen molar-refractivity contribution in [2.45, 2.75) is 39.3 Å². The van der Waals surface area contributed by atoms with Gasteiger partial charge >= 0.3 is 0 Å². The molecule has 0 atom stereocenters. The zero-order chi connectivity index (χ0) is 20.9. The number of pyridine rings is 1. The number of fused-ring (bicyclic) bond motifs is 1. The third kappa shape index (κ3) is 5.87. The summed E-state index contributed by atoms with van der Waals surface area (Å²) in [4.78, 5) is 11.7. The van der Waals surface area contributed by atoms with Crippen molar-refractivity contribution in [1.29, 1.82) is 0 Å². The summed E-state index contributed by atoms with van der Waals surface area (Å²) in [5.41, 5.74) is 4.01. The largest absolute Gasteiger partial charge is 0.371 e. The van der Waals surface area contributed by atoms with E-state index >= 15 is 0 Å². The zero-order valence-electron chi connectivity index (χ0n) is 18.0. The Morgan fingerprint density at radius 3 is 2.68 bits per heavy atom. The maximum Gasteiger partial charge on any atom is 0.191 e. The van der Waals surface area contributed by atoms with Crippen LogP contribution in [0.4, 0.5) is 10.1 Å². The lowest BCUT2D eigenvalue weighted by Crippen LogP contribution is -2.48. The highest BCUT2D eigenvalue weighted by Crippen LogP contribution is 2.20. The standard InChI is InChI=1S/C23H29FN6.HI/c1-3-25-23(26-15-20-16-30-17(2)6-4-9-22(30)27-20)28-19-10-12-29(13-11-19)21-8-5-7-18(24)14-21;/h4-9,14,16,19H,3,10-13,15H2,1-2H3,(H2,25,26,28);1H. The fourth-order valence-corrected chi connectivity index (χ4v) is 3.90. The molecule has 3 heterocycles. The summed E-state index contributed by atoms with van der Waals surface area (Å²) in [6.07, 6.45) is 4.01. The third-order valence-corrected chi connectivity index (χ3v) is 5.50. The third-order valence-electron chi connectivity index (χ3n) is 5.50. The zero-order valence-corrected chi connectivity index (χ0v) is 20.3. The molecule has 166 valence electrons. The number of hydrogen-bond donors (Lipinski definition) is 2. The van der Waals surface area contributed by atoms with Gasteiger partial charge in [-0.05, 0) is 57.0 Å². The van der Waals surface area contributed by atoms with Crippen LogP contribution in [0.5, 0.6) is 0 Å². The molecule has 0 aliphatic carbocycles. The van der Waals surface area contributed by atoms with Crippen LogP contribution >= 0.6 is 24.0 Å². The topological polar surface area (TPSA) is 57.0 Å². The Hall–Kier alpha value is -2.36. The first-order chi connectivity index (χ1) is 14.6. The van der Waals surface area contributed by atoms with Crippen LogP contribution in [0, 0.1) is 12.7 Å². The number of piperidine rings is 1. The second kappa shape index (κ2) is 10.8. The van der Waals surface area contributed by atoms with Gasteiger partial charge < -0.3 is 19.9 Å². The normalized spacial score (nSPS) is 15.1. The molecule has 4 rings (SSSR count). The van der Waals surface area contributed by atoms with Gasteiger partial charge in [-0.1, -0.05) is 12.1 Å². The van der Waals surface area contributed by atoms with E-state index in [0.717, 1.165) is 61.2 Å². The number of nitrogens with one attached hydrogen (secondary N) is 2. The van der Waals surface area contributed by atoms with Gasteiger partial charge in [0, 0.05) is 43.3 Å². The molecule has 31 heavy (non-hydrogen) atoms. The summed E-state index contributed by atoms with van der Waals surface area (Å²) in [6.45, 7) is 7.26. The lowest BCUT2D eigenvalue weighted by Gasteiger charge is -2.34. The van der Waals surface area contributed by atoms with E-state index in [-0.39, 0.29) is 29.8 Å². The fourth-order valence-electron chi connectivity index (χ4n) is 3.90. The second-order valence-corrected chi connectivity index (χ2v) is 7.71. The number of anilines is 1. The van der Waals surface area contributed by atoms with Crippen LogP contribution in [0.2, 0.25) is 0 Å². The van der Waals surface area contributed by atoms with E-state index < -0.39 is 0 Å². The summed E-state index contributed by atoms with van der Waals surface area (Å²) >= 11 is 0. The van der Waals surface area contributed by atoms with Crippen LogP contribution in [0.25, 0.3) is 5.65 Å². The van der Waals surface area contributed by atoms with Gasteiger partial charge in [0.1, 0.15) is 11.5 Å². The Kier molecular flexibility index (Phi) is 8.11. The minimum Gasteiger partial charge on any atom is -0.371 e. The number of guanidine groups is 1. The molecule has 1 aromatic carbocycles. The molecule has 0 radical (unpaired) electrons. The molecule has 1 saturated heterocycles. The first-order valence-corrected chi connectivity index (χ1v) is 10.6. The molecule has 2 aromatic heterocycles. The number of nitrogens with zero attached hydrogens (tertiary/aromatic N) is 4. The molecule has 8 heteroatoms. The van der Waals surface area contributed by atoms with Crippen molar-refractivity contribution in [3.05, 3.63) is 65.9 Å². The molecule has 1 aliphatic heterocycles. The van der Waals surface area contributed by atoms with Gasteiger partial charge in [-0.3, -0.25) is 0 Å². The predicted molar refractivity (Wildman–Crippen MR) is 135 cm³/mol. The van der Waals surface area contributed by atoms with E-state index in [0.29, 0.717) is 12.6 Å². The van der Waals surface area contributed by atoms with Gasteiger partial charge in [0.25, 0.3) is 0 Å². The second-order valence-electron chi connectivity index (χ2n) is 7.71. The van der Waals surface area contributed by atoms with Crippen molar-refractivity contribution >= 4 is 41.3 Å². The van der Waals surface area contributed by atoms with Gasteiger partial charge in [-0.2, -0.15) is 0 Å². The average molecular weight is 536 g/mol. The van der Waals surface area contributed by atoms with Crippen LogP contribution in [-0.4, -0.2) is 41.0 Å². The number of aryl methyl sites for hydroxylation is 1. The smallest absolute Gasteiger partial charge is 0.191 e. The highest BCUT2D eigenvalue weighted by atomic mass is 127. The molecule has 0 saturated carbocycles. The first kappa shape index (κ1) is 23.3. The number of aromatic nitrogens is 2. The number of rotatable bonds is 5. The van der Waals surface area contributed by atoms with Crippen molar-refractivity contribution in [2.24, 2.45) is 4.99 Å². The maximum absolute atomic E-state index is 13.5. The van der Waals surface area contributed by atoms with Gasteiger partial charge in [-0.15, -0.1) is 24.0 Å². The number of halogens is 2. The number of hydrogen-bond acceptors (Lipinski definition) is 3. The molecular formula is C23H30FIN6. The molecule has 1 aliphatic rings. The SMILES string of the molecule is CCNC(=NCc1cn2c(C)cccc2n1)NC1CCN(c2cccc(F)c2)CC1.I.